The molecule has 3 N–H and O–H groups in total. The van der Waals surface area contributed by atoms with E-state index < -0.39 is 45.3 Å². The number of oxime groups is 1. The van der Waals surface area contributed by atoms with Gasteiger partial charge < -0.3 is 20.1 Å². The highest BCUT2D eigenvalue weighted by Gasteiger charge is 2.54. The number of carbonyl (C=O) groups excluding carboxylic acids is 4. The van der Waals surface area contributed by atoms with Crippen LogP contribution in [0.4, 0.5) is 5.13 Å². The summed E-state index contributed by atoms with van der Waals surface area (Å²) in [6.45, 7) is 4.66. The minimum atomic E-state index is -4.13. The summed E-state index contributed by atoms with van der Waals surface area (Å²) >= 11 is 2.24. The third kappa shape index (κ3) is 5.23. The lowest BCUT2D eigenvalue weighted by Crippen LogP contribution is -2.71. The fourth-order valence-electron chi connectivity index (χ4n) is 2.89. The van der Waals surface area contributed by atoms with Gasteiger partial charge in [0.1, 0.15) is 22.8 Å². The maximum atomic E-state index is 12.8. The van der Waals surface area contributed by atoms with E-state index >= 15 is 0 Å². The average Bonchev–Trinajstić information content (AvgIpc) is 3.15. The largest absolute Gasteiger partial charge is 0.375 e. The number of thioether (sulfide) groups is 1. The van der Waals surface area contributed by atoms with Crippen molar-refractivity contribution in [3.8, 4) is 0 Å². The van der Waals surface area contributed by atoms with E-state index in [1.807, 2.05) is 0 Å². The zero-order valence-electron chi connectivity index (χ0n) is 17.1. The van der Waals surface area contributed by atoms with Crippen molar-refractivity contribution in [2.75, 3.05) is 17.7 Å². The van der Waals surface area contributed by atoms with Crippen molar-refractivity contribution in [1.29, 1.82) is 0 Å². The lowest BCUT2D eigenvalue weighted by atomic mass is 10.0. The summed E-state index contributed by atoms with van der Waals surface area (Å²) in [6.07, 6.45) is 2.02. The van der Waals surface area contributed by atoms with E-state index in [9.17, 15) is 27.6 Å². The highest BCUT2D eigenvalue weighted by atomic mass is 32.2. The second-order valence-corrected chi connectivity index (χ2v) is 10.2. The minimum Gasteiger partial charge on any atom is -0.375 e. The van der Waals surface area contributed by atoms with Crippen LogP contribution >= 0.6 is 23.1 Å². The topological polar surface area (TPSA) is 187 Å². The molecule has 1 saturated heterocycles. The smallest absolute Gasteiger partial charge is 0.370 e. The fourth-order valence-corrected chi connectivity index (χ4v) is 5.13. The van der Waals surface area contributed by atoms with Gasteiger partial charge >= 0.3 is 22.1 Å². The standard InChI is InChI=1S/C17H17N5O8S3/c1-4-8-5-31-15-11(14(25)22(15)12(8)16(26)30-33(3,27)28)20-13(24)10(21-29-7(2)23)9-6-32-17(18)19-9/h4,6,11,15H,1,5H2,2-3H3,(H2,18,19)(H,20,24)/b21-10+. The Balaban J connectivity index is 1.83. The number of aromatic nitrogens is 1. The molecule has 0 aromatic carbocycles. The fraction of sp³-hybridized carbons (Fsp3) is 0.294. The minimum absolute atomic E-state index is 0.0300. The highest BCUT2D eigenvalue weighted by Crippen LogP contribution is 2.41. The maximum Gasteiger partial charge on any atom is 0.370 e. The summed E-state index contributed by atoms with van der Waals surface area (Å²) in [6, 6.07) is -1.09. The van der Waals surface area contributed by atoms with E-state index in [0.717, 1.165) is 23.2 Å². The molecule has 2 aliphatic rings. The zero-order valence-corrected chi connectivity index (χ0v) is 19.6. The van der Waals surface area contributed by atoms with Gasteiger partial charge in [-0.15, -0.1) is 23.1 Å². The first kappa shape index (κ1) is 24.4. The Morgan fingerprint density at radius 1 is 1.42 bits per heavy atom. The molecule has 2 aliphatic heterocycles. The van der Waals surface area contributed by atoms with Gasteiger partial charge in [-0.05, 0) is 5.57 Å². The Kier molecular flexibility index (Phi) is 6.89. The van der Waals surface area contributed by atoms with Gasteiger partial charge in [0, 0.05) is 18.1 Å². The predicted octanol–water partition coefficient (Wildman–Crippen LogP) is -0.665. The number of anilines is 1. The molecule has 176 valence electrons. The Bertz CT molecular complexity index is 1220. The first-order valence-corrected chi connectivity index (χ1v) is 12.7. The van der Waals surface area contributed by atoms with Crippen molar-refractivity contribution < 1.29 is 36.6 Å². The molecule has 2 amide bonds. The molecular weight excluding hydrogens is 498 g/mol. The summed E-state index contributed by atoms with van der Waals surface area (Å²) in [7, 11) is -4.13. The molecule has 0 bridgehead atoms. The van der Waals surface area contributed by atoms with Crippen molar-refractivity contribution in [2.24, 2.45) is 5.16 Å². The molecule has 0 spiro atoms. The molecule has 1 fully saturated rings. The number of allylic oxidation sites excluding steroid dienone is 1. The number of carbonyl (C=O) groups is 4. The average molecular weight is 516 g/mol. The molecule has 16 heteroatoms. The van der Waals surface area contributed by atoms with E-state index in [1.54, 1.807) is 0 Å². The molecule has 3 heterocycles. The molecule has 13 nitrogen and oxygen atoms in total. The van der Waals surface area contributed by atoms with Crippen LogP contribution in [0.2, 0.25) is 0 Å². The monoisotopic (exact) mass is 515 g/mol. The Morgan fingerprint density at radius 2 is 2.12 bits per heavy atom. The highest BCUT2D eigenvalue weighted by molar-refractivity contribution is 8.00. The van der Waals surface area contributed by atoms with Crippen LogP contribution in [-0.2, 0) is 38.3 Å². The van der Waals surface area contributed by atoms with Gasteiger partial charge in [0.05, 0.1) is 6.26 Å². The van der Waals surface area contributed by atoms with Crippen LogP contribution in [0.5, 0.6) is 0 Å². The van der Waals surface area contributed by atoms with Crippen LogP contribution in [0.3, 0.4) is 0 Å². The van der Waals surface area contributed by atoms with Crippen molar-refractivity contribution in [3.05, 3.63) is 35.0 Å². The van der Waals surface area contributed by atoms with E-state index in [-0.39, 0.29) is 28.0 Å². The second kappa shape index (κ2) is 9.32. The molecule has 0 saturated carbocycles. The first-order chi connectivity index (χ1) is 15.4. The number of nitrogens with one attached hydrogen (secondary N) is 1. The van der Waals surface area contributed by atoms with Crippen LogP contribution in [0, 0.1) is 0 Å². The number of β-lactam (4-membered cyclic amide) rings is 1. The Hall–Kier alpha value is -3.24. The van der Waals surface area contributed by atoms with Crippen molar-refractivity contribution in [3.63, 3.8) is 0 Å². The number of thiazole rings is 1. The summed E-state index contributed by atoms with van der Waals surface area (Å²) in [5.74, 6) is -3.38. The number of rotatable bonds is 7. The summed E-state index contributed by atoms with van der Waals surface area (Å²) in [5.41, 5.74) is 5.26. The molecule has 3 rings (SSSR count). The van der Waals surface area contributed by atoms with Crippen molar-refractivity contribution in [2.45, 2.75) is 18.3 Å². The summed E-state index contributed by atoms with van der Waals surface area (Å²) in [5, 5.41) is 6.79. The van der Waals surface area contributed by atoms with Gasteiger partial charge in [-0.25, -0.2) is 14.6 Å². The second-order valence-electron chi connectivity index (χ2n) is 6.61. The zero-order chi connectivity index (χ0) is 24.5. The lowest BCUT2D eigenvalue weighted by Gasteiger charge is -2.49. The van der Waals surface area contributed by atoms with Crippen LogP contribution in [0.25, 0.3) is 0 Å². The number of fused-ring (bicyclic) bond motifs is 1. The van der Waals surface area contributed by atoms with Crippen molar-refractivity contribution in [1.82, 2.24) is 15.2 Å². The normalized spacial score (nSPS) is 20.5. The number of nitrogens with zero attached hydrogens (tertiary/aromatic N) is 3. The molecule has 0 radical (unpaired) electrons. The Morgan fingerprint density at radius 3 is 2.67 bits per heavy atom. The van der Waals surface area contributed by atoms with E-state index in [4.69, 9.17) is 5.73 Å². The van der Waals surface area contributed by atoms with Gasteiger partial charge in [0.2, 0.25) is 0 Å². The van der Waals surface area contributed by atoms with Gasteiger partial charge in [-0.2, -0.15) is 8.42 Å². The maximum absolute atomic E-state index is 12.8. The number of nitrogen functional groups attached to an aromatic ring is 1. The van der Waals surface area contributed by atoms with Gasteiger partial charge in [0.25, 0.3) is 11.8 Å². The lowest BCUT2D eigenvalue weighted by molar-refractivity contribution is -0.149. The Labute approximate surface area is 195 Å². The van der Waals surface area contributed by atoms with Crippen molar-refractivity contribution >= 4 is 67.8 Å². The van der Waals surface area contributed by atoms with Gasteiger partial charge in [-0.3, -0.25) is 14.5 Å². The van der Waals surface area contributed by atoms with E-state index in [2.05, 4.69) is 31.1 Å². The van der Waals surface area contributed by atoms with Crippen LogP contribution in [0.1, 0.15) is 12.6 Å². The number of hydrogen-bond donors (Lipinski definition) is 2. The molecule has 1 aromatic rings. The first-order valence-electron chi connectivity index (χ1n) is 8.94. The SMILES string of the molecule is C=CC1=C(C(=O)OS(C)(=O)=O)N2C(=O)C(NC(=O)/C(=N/OC(C)=O)c3csc(N)n3)C2SC1. The number of nitrogens with two attached hydrogens (primary N) is 1. The van der Waals surface area contributed by atoms with E-state index in [0.29, 0.717) is 11.8 Å². The molecular formula is C17H17N5O8S3. The third-order valence-corrected chi connectivity index (χ3v) is 6.63. The van der Waals surface area contributed by atoms with Crippen LogP contribution in [-0.4, -0.2) is 71.2 Å². The van der Waals surface area contributed by atoms with Crippen LogP contribution in [0.15, 0.2) is 34.5 Å². The molecule has 2 atom stereocenters. The molecule has 2 unspecified atom stereocenters. The summed E-state index contributed by atoms with van der Waals surface area (Å²) < 4.78 is 27.2. The number of hydrogen-bond acceptors (Lipinski definition) is 13. The number of amides is 2. The van der Waals surface area contributed by atoms with E-state index in [1.165, 1.54) is 23.2 Å². The third-order valence-electron chi connectivity index (χ3n) is 4.20. The summed E-state index contributed by atoms with van der Waals surface area (Å²) in [4.78, 5) is 58.7. The molecule has 33 heavy (non-hydrogen) atoms. The van der Waals surface area contributed by atoms with Gasteiger partial charge in [0.15, 0.2) is 10.8 Å². The quantitative estimate of drug-likeness (QED) is 0.154. The van der Waals surface area contributed by atoms with Crippen LogP contribution < -0.4 is 11.1 Å². The predicted molar refractivity (Wildman–Crippen MR) is 118 cm³/mol. The molecule has 1 aromatic heterocycles. The van der Waals surface area contributed by atoms with Gasteiger partial charge in [-0.1, -0.05) is 17.8 Å². The molecule has 0 aliphatic carbocycles.